The maximum Gasteiger partial charge on any atom is 0.405 e. The number of aromatic nitrogens is 1. The first-order valence-corrected chi connectivity index (χ1v) is 13.7. The molecule has 0 radical (unpaired) electrons. The number of rotatable bonds is 8. The molecule has 2 heterocycles. The van der Waals surface area contributed by atoms with E-state index in [0.717, 1.165) is 35.4 Å². The summed E-state index contributed by atoms with van der Waals surface area (Å²) in [5.74, 6) is -0.177. The first kappa shape index (κ1) is 30.9. The molecule has 216 valence electrons. The van der Waals surface area contributed by atoms with Crippen molar-refractivity contribution in [2.45, 2.75) is 39.9 Å². The summed E-state index contributed by atoms with van der Waals surface area (Å²) in [6.45, 7) is 6.60. The Balaban J connectivity index is 1.82. The molecule has 3 rings (SSSR count). The molecule has 40 heavy (non-hydrogen) atoms. The Morgan fingerprint density at radius 1 is 1.25 bits per heavy atom. The highest BCUT2D eigenvalue weighted by Gasteiger charge is 2.29. The number of likely N-dealkylation sites (tertiary alicyclic amines) is 1. The number of likely N-dealkylation sites (N-methyl/N-ethyl adjacent to an activating group) is 1. The van der Waals surface area contributed by atoms with Crippen LogP contribution in [-0.2, 0) is 16.1 Å². The predicted octanol–water partition coefficient (Wildman–Crippen LogP) is 2.07. The second-order valence-electron chi connectivity index (χ2n) is 10.0. The first-order valence-electron chi connectivity index (χ1n) is 12.9. The smallest absolute Gasteiger partial charge is 0.360 e. The Labute approximate surface area is 234 Å². The summed E-state index contributed by atoms with van der Waals surface area (Å²) in [5.41, 5.74) is 0.162. The molecule has 1 aromatic heterocycles. The van der Waals surface area contributed by atoms with Gasteiger partial charge in [0.05, 0.1) is 6.54 Å². The fraction of sp³-hybridized carbons (Fsp3) is 0.481. The van der Waals surface area contributed by atoms with Gasteiger partial charge in [-0.05, 0) is 43.4 Å². The van der Waals surface area contributed by atoms with Crippen LogP contribution >= 0.6 is 11.3 Å². The predicted molar refractivity (Wildman–Crippen MR) is 149 cm³/mol. The summed E-state index contributed by atoms with van der Waals surface area (Å²) in [4.78, 5) is 41.9. The third kappa shape index (κ3) is 7.95. The first-order chi connectivity index (χ1) is 18.8. The summed E-state index contributed by atoms with van der Waals surface area (Å²) in [5, 5.41) is 14.1. The number of hydrogen-bond donors (Lipinski definition) is 2. The van der Waals surface area contributed by atoms with Gasteiger partial charge < -0.3 is 15.5 Å². The Morgan fingerprint density at radius 2 is 1.93 bits per heavy atom. The van der Waals surface area contributed by atoms with Gasteiger partial charge in [0.15, 0.2) is 5.57 Å². The van der Waals surface area contributed by atoms with Gasteiger partial charge in [-0.3, -0.25) is 23.9 Å². The molecule has 0 aliphatic carbocycles. The van der Waals surface area contributed by atoms with E-state index in [1.807, 2.05) is 0 Å². The average molecular weight is 579 g/mol. The molecule has 1 aliphatic rings. The molecule has 2 aromatic rings. The Bertz CT molecular complexity index is 1450. The van der Waals surface area contributed by atoms with Crippen LogP contribution in [0.5, 0.6) is 0 Å². The molecule has 0 bridgehead atoms. The molecule has 13 heteroatoms. The van der Waals surface area contributed by atoms with Crippen molar-refractivity contribution in [2.75, 3.05) is 43.4 Å². The average Bonchev–Trinajstić information content (AvgIpc) is 3.20. The van der Waals surface area contributed by atoms with Gasteiger partial charge >= 0.3 is 6.18 Å². The zero-order chi connectivity index (χ0) is 29.6. The van der Waals surface area contributed by atoms with Gasteiger partial charge in [-0.15, -0.1) is 11.3 Å². The van der Waals surface area contributed by atoms with Crippen molar-refractivity contribution < 1.29 is 22.8 Å². The maximum atomic E-state index is 13.0. The van der Waals surface area contributed by atoms with Gasteiger partial charge in [-0.1, -0.05) is 19.9 Å². The van der Waals surface area contributed by atoms with Gasteiger partial charge in [0.25, 0.3) is 11.5 Å². The Morgan fingerprint density at radius 3 is 2.52 bits per heavy atom. The lowest BCUT2D eigenvalue weighted by molar-refractivity contribution is -0.135. The van der Waals surface area contributed by atoms with E-state index in [1.54, 1.807) is 54.5 Å². The van der Waals surface area contributed by atoms with Crippen LogP contribution in [0.4, 0.5) is 24.5 Å². The topological polar surface area (TPSA) is 110 Å². The van der Waals surface area contributed by atoms with E-state index in [2.05, 4.69) is 24.1 Å². The lowest BCUT2D eigenvalue weighted by Crippen LogP contribution is -2.45. The third-order valence-electron chi connectivity index (χ3n) is 6.51. The second-order valence-corrected chi connectivity index (χ2v) is 11.1. The van der Waals surface area contributed by atoms with Crippen molar-refractivity contribution >= 4 is 46.3 Å². The van der Waals surface area contributed by atoms with Crippen molar-refractivity contribution in [2.24, 2.45) is 11.8 Å². The molecule has 1 fully saturated rings. The number of nitrogens with zero attached hydrogens (tertiary/aromatic N) is 4. The number of halogens is 3. The number of anilines is 2. The van der Waals surface area contributed by atoms with E-state index in [1.165, 1.54) is 6.20 Å². The van der Waals surface area contributed by atoms with E-state index in [0.29, 0.717) is 29.8 Å². The normalized spacial score (nSPS) is 19.1. The molecule has 2 atom stereocenters. The minimum Gasteiger partial charge on any atom is -0.360 e. The molecular formula is C27H33F3N6O3S. The van der Waals surface area contributed by atoms with Crippen LogP contribution in [0.3, 0.4) is 0 Å². The van der Waals surface area contributed by atoms with Crippen molar-refractivity contribution in [1.29, 1.82) is 5.26 Å². The van der Waals surface area contributed by atoms with Crippen molar-refractivity contribution in [3.05, 3.63) is 43.8 Å². The number of alkyl halides is 3. The van der Waals surface area contributed by atoms with Crippen LogP contribution in [0.2, 0.25) is 0 Å². The molecule has 2 unspecified atom stereocenters. The van der Waals surface area contributed by atoms with E-state index in [4.69, 9.17) is 0 Å². The highest BCUT2D eigenvalue weighted by atomic mass is 32.1. The quantitative estimate of drug-likeness (QED) is 0.497. The molecule has 9 nitrogen and oxygen atoms in total. The maximum absolute atomic E-state index is 13.0. The van der Waals surface area contributed by atoms with E-state index in [-0.39, 0.29) is 21.6 Å². The van der Waals surface area contributed by atoms with Crippen molar-refractivity contribution in [3.8, 4) is 6.07 Å². The SMILES string of the molecule is CCn1c(=O)/c(=C\Nc2cccc(N(C)C(=O)CN3CC(C)CC(C)C3)c2)s/c1=C(/C#N)C(=O)NCC(F)(F)F. The summed E-state index contributed by atoms with van der Waals surface area (Å²) in [6, 6.07) is 8.68. The monoisotopic (exact) mass is 578 g/mol. The van der Waals surface area contributed by atoms with Crippen LogP contribution < -0.4 is 30.3 Å². The van der Waals surface area contributed by atoms with Crippen LogP contribution in [0.25, 0.3) is 11.8 Å². The van der Waals surface area contributed by atoms with E-state index < -0.39 is 29.8 Å². The van der Waals surface area contributed by atoms with Gasteiger partial charge in [0, 0.05) is 44.3 Å². The lowest BCUT2D eigenvalue weighted by Gasteiger charge is -2.35. The number of nitriles is 1. The Hall–Kier alpha value is -3.63. The lowest BCUT2D eigenvalue weighted by atomic mass is 9.92. The van der Waals surface area contributed by atoms with Crippen LogP contribution in [0.15, 0.2) is 29.1 Å². The van der Waals surface area contributed by atoms with Gasteiger partial charge in [0.1, 0.15) is 21.8 Å². The zero-order valence-electron chi connectivity index (χ0n) is 22.8. The zero-order valence-corrected chi connectivity index (χ0v) is 23.7. The van der Waals surface area contributed by atoms with Crippen LogP contribution in [0.1, 0.15) is 27.2 Å². The number of amides is 2. The highest BCUT2D eigenvalue weighted by molar-refractivity contribution is 7.07. The molecule has 2 amide bonds. The molecule has 0 saturated carbocycles. The highest BCUT2D eigenvalue weighted by Crippen LogP contribution is 2.22. The molecule has 1 aromatic carbocycles. The molecule has 2 N–H and O–H groups in total. The molecule has 1 saturated heterocycles. The molecule has 1 aliphatic heterocycles. The van der Waals surface area contributed by atoms with Crippen LogP contribution in [0, 0.1) is 23.2 Å². The molecule has 0 spiro atoms. The third-order valence-corrected chi connectivity index (χ3v) is 7.64. The van der Waals surface area contributed by atoms with Crippen molar-refractivity contribution in [1.82, 2.24) is 14.8 Å². The summed E-state index contributed by atoms with van der Waals surface area (Å²) in [6.07, 6.45) is -2.08. The van der Waals surface area contributed by atoms with Crippen molar-refractivity contribution in [3.63, 3.8) is 0 Å². The summed E-state index contributed by atoms with van der Waals surface area (Å²) >= 11 is 0.820. The molecular weight excluding hydrogens is 545 g/mol. The van der Waals surface area contributed by atoms with Gasteiger partial charge in [-0.25, -0.2) is 0 Å². The number of benzene rings is 1. The van der Waals surface area contributed by atoms with E-state index >= 15 is 0 Å². The summed E-state index contributed by atoms with van der Waals surface area (Å²) < 4.78 is 38.8. The number of thiazole rings is 1. The number of carbonyl (C=O) groups is 2. The number of carbonyl (C=O) groups excluding carboxylic acids is 2. The number of piperidine rings is 1. The minimum atomic E-state index is -4.64. The minimum absolute atomic E-state index is 0.0387. The van der Waals surface area contributed by atoms with Gasteiger partial charge in [-0.2, -0.15) is 18.4 Å². The van der Waals surface area contributed by atoms with Gasteiger partial charge in [0.2, 0.25) is 5.91 Å². The van der Waals surface area contributed by atoms with E-state index in [9.17, 15) is 32.8 Å². The summed E-state index contributed by atoms with van der Waals surface area (Å²) in [7, 11) is 1.70. The number of hydrogen-bond acceptors (Lipinski definition) is 7. The standard InChI is InChI=1S/C27H33F3N6O3S/c1-5-36-25(39)22(40-26(36)21(11-31)24(38)33-16-27(28,29)30)12-32-19-7-6-8-20(10-19)34(4)23(37)15-35-13-17(2)9-18(3)14-35/h6-8,10,12,17-18,32H,5,9,13-16H2,1-4H3,(H,33,38)/b22-12+,26-21-. The number of nitrogens with one attached hydrogen (secondary N) is 2. The largest absolute Gasteiger partial charge is 0.405 e. The Kier molecular flexibility index (Phi) is 10.2. The fourth-order valence-electron chi connectivity index (χ4n) is 4.77. The second kappa shape index (κ2) is 13.1. The van der Waals surface area contributed by atoms with Crippen LogP contribution in [-0.4, -0.2) is 60.7 Å². The fourth-order valence-corrected chi connectivity index (χ4v) is 5.86.